The van der Waals surface area contributed by atoms with Crippen LogP contribution in [-0.4, -0.2) is 72.2 Å². The minimum Gasteiger partial charge on any atom is -0.473 e. The first-order valence-electron chi connectivity index (χ1n) is 10.9. The van der Waals surface area contributed by atoms with Gasteiger partial charge in [-0.3, -0.25) is 9.69 Å². The van der Waals surface area contributed by atoms with Crippen LogP contribution in [0.15, 0.2) is 48.5 Å². The van der Waals surface area contributed by atoms with Crippen molar-refractivity contribution in [2.45, 2.75) is 19.3 Å². The second-order valence-electron chi connectivity index (χ2n) is 7.92. The maximum absolute atomic E-state index is 12.4. The average molecular weight is 474 g/mol. The Morgan fingerprint density at radius 1 is 0.818 bits per heavy atom. The number of rotatable bonds is 5. The van der Waals surface area contributed by atoms with Gasteiger partial charge in [0.25, 0.3) is 0 Å². The Bertz CT molecular complexity index is 980. The molecule has 4 rings (SSSR count). The fourth-order valence-electron chi connectivity index (χ4n) is 4.11. The lowest BCUT2D eigenvalue weighted by Crippen LogP contribution is -2.47. The summed E-state index contributed by atoms with van der Waals surface area (Å²) in [6.07, 6.45) is 2.51. The van der Waals surface area contributed by atoms with Crippen molar-refractivity contribution in [3.63, 3.8) is 0 Å². The van der Waals surface area contributed by atoms with Crippen molar-refractivity contribution in [1.82, 2.24) is 4.90 Å². The van der Waals surface area contributed by atoms with E-state index < -0.39 is 11.9 Å². The van der Waals surface area contributed by atoms with Crippen LogP contribution in [0.5, 0.6) is 0 Å². The summed E-state index contributed by atoms with van der Waals surface area (Å²) < 4.78 is 0. The summed E-state index contributed by atoms with van der Waals surface area (Å²) in [4.78, 5) is 37.4. The summed E-state index contributed by atoms with van der Waals surface area (Å²) in [5.41, 5.74) is 3.54. The van der Waals surface area contributed by atoms with Gasteiger partial charge in [-0.25, -0.2) is 9.59 Å². The van der Waals surface area contributed by atoms with Gasteiger partial charge in [-0.05, 0) is 43.1 Å². The molecule has 2 aliphatic rings. The van der Waals surface area contributed by atoms with Crippen LogP contribution in [0.2, 0.25) is 5.02 Å². The molecule has 0 aliphatic carbocycles. The van der Waals surface area contributed by atoms with E-state index in [1.165, 1.54) is 5.56 Å². The summed E-state index contributed by atoms with van der Waals surface area (Å²) in [5.74, 6) is -3.39. The third-order valence-electron chi connectivity index (χ3n) is 5.80. The monoisotopic (exact) mass is 473 g/mol. The number of carbonyl (C=O) groups excluding carboxylic acids is 1. The number of aliphatic carboxylic acids is 2. The molecule has 2 aromatic rings. The number of carboxylic acids is 2. The zero-order valence-corrected chi connectivity index (χ0v) is 19.1. The molecule has 1 amide bonds. The molecule has 8 nitrogen and oxygen atoms in total. The van der Waals surface area contributed by atoms with Gasteiger partial charge >= 0.3 is 11.9 Å². The number of benzene rings is 2. The molecular weight excluding hydrogens is 446 g/mol. The Morgan fingerprint density at radius 3 is 2.06 bits per heavy atom. The van der Waals surface area contributed by atoms with Gasteiger partial charge < -0.3 is 20.0 Å². The number of amides is 1. The van der Waals surface area contributed by atoms with Crippen LogP contribution in [0.4, 0.5) is 11.4 Å². The van der Waals surface area contributed by atoms with Crippen LogP contribution in [0, 0.1) is 0 Å². The fourth-order valence-corrected chi connectivity index (χ4v) is 4.37. The van der Waals surface area contributed by atoms with Crippen molar-refractivity contribution in [2.24, 2.45) is 0 Å². The molecule has 1 saturated heterocycles. The van der Waals surface area contributed by atoms with Crippen molar-refractivity contribution in [3.8, 4) is 0 Å². The highest BCUT2D eigenvalue weighted by molar-refractivity contribution is 6.33. The molecule has 0 aromatic heterocycles. The molecule has 0 unspecified atom stereocenters. The van der Waals surface area contributed by atoms with Crippen LogP contribution in [0.1, 0.15) is 18.4 Å². The SMILES string of the molecule is O=C(O)C(=O)O.O=C1CCc2ccccc2N1CCCN1CCN(c2ccccc2Cl)CC1. The molecule has 0 atom stereocenters. The first-order valence-corrected chi connectivity index (χ1v) is 11.3. The van der Waals surface area contributed by atoms with Crippen LogP contribution in [-0.2, 0) is 20.8 Å². The van der Waals surface area contributed by atoms with E-state index in [4.69, 9.17) is 31.4 Å². The van der Waals surface area contributed by atoms with Crippen molar-refractivity contribution < 1.29 is 24.6 Å². The first-order chi connectivity index (χ1) is 15.9. The second-order valence-corrected chi connectivity index (χ2v) is 8.33. The Hall–Kier alpha value is -3.10. The third kappa shape index (κ3) is 6.69. The Morgan fingerprint density at radius 2 is 1.42 bits per heavy atom. The number of anilines is 2. The third-order valence-corrected chi connectivity index (χ3v) is 6.12. The molecule has 0 bridgehead atoms. The number of fused-ring (bicyclic) bond motifs is 1. The number of para-hydroxylation sites is 2. The van der Waals surface area contributed by atoms with Gasteiger partial charge in [-0.15, -0.1) is 0 Å². The highest BCUT2D eigenvalue weighted by Gasteiger charge is 2.24. The summed E-state index contributed by atoms with van der Waals surface area (Å²) >= 11 is 6.33. The van der Waals surface area contributed by atoms with Gasteiger partial charge in [0.05, 0.1) is 10.7 Å². The molecule has 0 spiro atoms. The standard InChI is InChI=1S/C22H26ClN3O.C2H2O4/c23-19-7-2-4-9-21(19)25-16-14-24(15-17-25)12-5-13-26-20-8-3-1-6-18(20)10-11-22(26)27;3-1(4)2(5)6/h1-4,6-9H,5,10-17H2;(H,3,4)(H,5,6). The van der Waals surface area contributed by atoms with Crippen molar-refractivity contribution in [2.75, 3.05) is 49.1 Å². The number of carboxylic acid groups (broad SMARTS) is 2. The van der Waals surface area contributed by atoms with E-state index in [9.17, 15) is 4.79 Å². The van der Waals surface area contributed by atoms with E-state index in [0.717, 1.165) is 68.5 Å². The van der Waals surface area contributed by atoms with Gasteiger partial charge in [0.15, 0.2) is 0 Å². The summed E-state index contributed by atoms with van der Waals surface area (Å²) in [6.45, 7) is 5.90. The van der Waals surface area contributed by atoms with Gasteiger partial charge in [-0.1, -0.05) is 41.9 Å². The largest absolute Gasteiger partial charge is 0.473 e. The van der Waals surface area contributed by atoms with Crippen LogP contribution in [0.25, 0.3) is 0 Å². The molecule has 2 aliphatic heterocycles. The topological polar surface area (TPSA) is 101 Å². The Labute approximate surface area is 198 Å². The van der Waals surface area contributed by atoms with Crippen LogP contribution >= 0.6 is 11.6 Å². The number of carbonyl (C=O) groups is 3. The minimum absolute atomic E-state index is 0.261. The lowest BCUT2D eigenvalue weighted by molar-refractivity contribution is -0.159. The van der Waals surface area contributed by atoms with E-state index in [1.54, 1.807) is 0 Å². The Balaban J connectivity index is 0.000000454. The Kier molecular flexibility index (Phi) is 8.68. The number of hydrogen-bond acceptors (Lipinski definition) is 5. The quantitative estimate of drug-likeness (QED) is 0.643. The van der Waals surface area contributed by atoms with Gasteiger partial charge in [0, 0.05) is 44.8 Å². The first kappa shape index (κ1) is 24.5. The molecule has 0 saturated carbocycles. The van der Waals surface area contributed by atoms with Crippen LogP contribution in [0.3, 0.4) is 0 Å². The van der Waals surface area contributed by atoms with Gasteiger partial charge in [0.2, 0.25) is 5.91 Å². The van der Waals surface area contributed by atoms with E-state index in [-0.39, 0.29) is 5.91 Å². The number of nitrogens with zero attached hydrogens (tertiary/aromatic N) is 3. The summed E-state index contributed by atoms with van der Waals surface area (Å²) in [6, 6.07) is 16.4. The van der Waals surface area contributed by atoms with Gasteiger partial charge in [0.1, 0.15) is 0 Å². The molecule has 2 aromatic carbocycles. The molecule has 2 N–H and O–H groups in total. The highest BCUT2D eigenvalue weighted by Crippen LogP contribution is 2.28. The molecule has 9 heteroatoms. The van der Waals surface area contributed by atoms with Crippen molar-refractivity contribution in [3.05, 3.63) is 59.1 Å². The highest BCUT2D eigenvalue weighted by atomic mass is 35.5. The van der Waals surface area contributed by atoms with Gasteiger partial charge in [-0.2, -0.15) is 0 Å². The lowest BCUT2D eigenvalue weighted by atomic mass is 10.0. The number of piperazine rings is 1. The molecule has 176 valence electrons. The number of aryl methyl sites for hydroxylation is 1. The molecule has 33 heavy (non-hydrogen) atoms. The van der Waals surface area contributed by atoms with E-state index in [0.29, 0.717) is 6.42 Å². The minimum atomic E-state index is -1.82. The zero-order chi connectivity index (χ0) is 23.8. The smallest absolute Gasteiger partial charge is 0.414 e. The maximum atomic E-state index is 12.4. The molecule has 2 heterocycles. The normalized spacial score (nSPS) is 16.0. The number of halogens is 1. The fraction of sp³-hybridized carbons (Fsp3) is 0.375. The van der Waals surface area contributed by atoms with E-state index in [1.807, 2.05) is 29.2 Å². The van der Waals surface area contributed by atoms with E-state index >= 15 is 0 Å². The predicted octanol–water partition coefficient (Wildman–Crippen LogP) is 2.99. The molecular formula is C24H28ClN3O5. The zero-order valence-electron chi connectivity index (χ0n) is 18.3. The molecule has 0 radical (unpaired) electrons. The maximum Gasteiger partial charge on any atom is 0.414 e. The average Bonchev–Trinajstić information content (AvgIpc) is 2.82. The van der Waals surface area contributed by atoms with Crippen molar-refractivity contribution in [1.29, 1.82) is 0 Å². The lowest BCUT2D eigenvalue weighted by Gasteiger charge is -2.37. The van der Waals surface area contributed by atoms with E-state index in [2.05, 4.69) is 34.1 Å². The summed E-state index contributed by atoms with van der Waals surface area (Å²) in [5, 5.41) is 15.6. The van der Waals surface area contributed by atoms with Crippen LogP contribution < -0.4 is 9.80 Å². The number of hydrogen-bond donors (Lipinski definition) is 2. The second kappa shape index (κ2) is 11.7. The van der Waals surface area contributed by atoms with Crippen molar-refractivity contribution >= 4 is 40.8 Å². The summed E-state index contributed by atoms with van der Waals surface area (Å²) in [7, 11) is 0. The molecule has 1 fully saturated rings. The predicted molar refractivity (Wildman–Crippen MR) is 127 cm³/mol.